The van der Waals surface area contributed by atoms with Crippen molar-refractivity contribution in [2.75, 3.05) is 27.4 Å². The molecular weight excluding hydrogens is 184 g/mol. The smallest absolute Gasteiger partial charge is 0.315 e. The Bertz CT molecular complexity index is 148. The number of ether oxygens (including phenoxy) is 2. The number of methoxy groups -OCH3 is 2. The summed E-state index contributed by atoms with van der Waals surface area (Å²) in [7, 11) is 3.20. The average Bonchev–Trinajstić information content (AvgIpc) is 2.03. The van der Waals surface area contributed by atoms with Crippen LogP contribution in [0.2, 0.25) is 0 Å². The van der Waals surface area contributed by atoms with E-state index in [1.54, 1.807) is 14.2 Å². The summed E-state index contributed by atoms with van der Waals surface area (Å²) in [5, 5.41) is 5.48. The lowest BCUT2D eigenvalue weighted by Crippen LogP contribution is -2.46. The lowest BCUT2D eigenvalue weighted by Gasteiger charge is -2.17. The van der Waals surface area contributed by atoms with Gasteiger partial charge in [0.25, 0.3) is 0 Å². The van der Waals surface area contributed by atoms with Crippen molar-refractivity contribution in [2.24, 2.45) is 0 Å². The van der Waals surface area contributed by atoms with Gasteiger partial charge in [-0.15, -0.1) is 0 Å². The monoisotopic (exact) mass is 204 g/mol. The Morgan fingerprint density at radius 2 is 1.43 bits per heavy atom. The first-order valence-corrected chi connectivity index (χ1v) is 4.65. The van der Waals surface area contributed by atoms with Gasteiger partial charge in [-0.25, -0.2) is 4.79 Å². The summed E-state index contributed by atoms with van der Waals surface area (Å²) < 4.78 is 9.78. The van der Waals surface area contributed by atoms with Gasteiger partial charge in [0.05, 0.1) is 25.3 Å². The molecule has 0 aliphatic carbocycles. The maximum absolute atomic E-state index is 11.3. The van der Waals surface area contributed by atoms with E-state index in [2.05, 4.69) is 10.6 Å². The maximum Gasteiger partial charge on any atom is 0.315 e. The first kappa shape index (κ1) is 13.2. The summed E-state index contributed by atoms with van der Waals surface area (Å²) in [6, 6.07) is -0.177. The molecule has 14 heavy (non-hydrogen) atoms. The first-order chi connectivity index (χ1) is 6.60. The summed E-state index contributed by atoms with van der Waals surface area (Å²) in [5.74, 6) is 0. The lowest BCUT2D eigenvalue weighted by atomic mass is 10.3. The number of nitrogens with one attached hydrogen (secondary N) is 2. The van der Waals surface area contributed by atoms with Crippen molar-refractivity contribution in [3.05, 3.63) is 0 Å². The van der Waals surface area contributed by atoms with E-state index in [4.69, 9.17) is 9.47 Å². The van der Waals surface area contributed by atoms with Crippen molar-refractivity contribution >= 4 is 6.03 Å². The molecule has 0 aromatic rings. The van der Waals surface area contributed by atoms with Crippen molar-refractivity contribution in [3.8, 4) is 0 Å². The molecule has 0 aromatic heterocycles. The molecule has 84 valence electrons. The van der Waals surface area contributed by atoms with Gasteiger partial charge in [-0.3, -0.25) is 0 Å². The molecule has 5 nitrogen and oxygen atoms in total. The minimum Gasteiger partial charge on any atom is -0.383 e. The molecule has 0 heterocycles. The first-order valence-electron chi connectivity index (χ1n) is 4.65. The van der Waals surface area contributed by atoms with E-state index in [1.165, 1.54) is 0 Å². The zero-order valence-electron chi connectivity index (χ0n) is 9.29. The highest BCUT2D eigenvalue weighted by atomic mass is 16.5. The number of hydrogen-bond donors (Lipinski definition) is 2. The van der Waals surface area contributed by atoms with Gasteiger partial charge >= 0.3 is 6.03 Å². The van der Waals surface area contributed by atoms with Crippen LogP contribution in [0.1, 0.15) is 13.8 Å². The van der Waals surface area contributed by atoms with Gasteiger partial charge in [0, 0.05) is 14.2 Å². The number of carbonyl (C=O) groups is 1. The highest BCUT2D eigenvalue weighted by Gasteiger charge is 2.09. The number of rotatable bonds is 6. The molecule has 0 rings (SSSR count). The third-order valence-corrected chi connectivity index (χ3v) is 1.59. The van der Waals surface area contributed by atoms with Crippen LogP contribution in [0.5, 0.6) is 0 Å². The molecule has 0 bridgehead atoms. The summed E-state index contributed by atoms with van der Waals surface area (Å²) in [6.45, 7) is 4.77. The highest BCUT2D eigenvalue weighted by Crippen LogP contribution is 1.85. The molecule has 0 spiro atoms. The molecule has 0 aliphatic heterocycles. The van der Waals surface area contributed by atoms with Crippen LogP contribution in [0.25, 0.3) is 0 Å². The second-order valence-electron chi connectivity index (χ2n) is 3.33. The van der Waals surface area contributed by atoms with Crippen LogP contribution in [0.3, 0.4) is 0 Å². The largest absolute Gasteiger partial charge is 0.383 e. The van der Waals surface area contributed by atoms with Crippen LogP contribution >= 0.6 is 0 Å². The quantitative estimate of drug-likeness (QED) is 0.656. The number of hydrogen-bond acceptors (Lipinski definition) is 3. The SMILES string of the molecule is COCC(C)NC(=O)NC(C)COC. The zero-order chi connectivity index (χ0) is 11.0. The fraction of sp³-hybridized carbons (Fsp3) is 0.889. The molecule has 2 N–H and O–H groups in total. The van der Waals surface area contributed by atoms with Crippen molar-refractivity contribution in [2.45, 2.75) is 25.9 Å². The van der Waals surface area contributed by atoms with Crippen LogP contribution in [-0.4, -0.2) is 45.5 Å². The standard InChI is InChI=1S/C9H20N2O3/c1-7(5-13-3)10-9(12)11-8(2)6-14-4/h7-8H,5-6H2,1-4H3,(H2,10,11,12). The topological polar surface area (TPSA) is 59.6 Å². The Balaban J connectivity index is 3.63. The summed E-state index contributed by atoms with van der Waals surface area (Å²) in [6.07, 6.45) is 0. The summed E-state index contributed by atoms with van der Waals surface area (Å²) >= 11 is 0. The van der Waals surface area contributed by atoms with Gasteiger partial charge in [0.1, 0.15) is 0 Å². The fourth-order valence-electron chi connectivity index (χ4n) is 1.07. The van der Waals surface area contributed by atoms with E-state index in [1.807, 2.05) is 13.8 Å². The van der Waals surface area contributed by atoms with E-state index >= 15 is 0 Å². The van der Waals surface area contributed by atoms with Gasteiger partial charge in [-0.05, 0) is 13.8 Å². The highest BCUT2D eigenvalue weighted by molar-refractivity contribution is 5.74. The minimum atomic E-state index is -0.195. The van der Waals surface area contributed by atoms with Crippen LogP contribution in [-0.2, 0) is 9.47 Å². The van der Waals surface area contributed by atoms with Gasteiger partial charge in [0.15, 0.2) is 0 Å². The maximum atomic E-state index is 11.3. The van der Waals surface area contributed by atoms with E-state index in [-0.39, 0.29) is 18.1 Å². The fourth-order valence-corrected chi connectivity index (χ4v) is 1.07. The summed E-state index contributed by atoms with van der Waals surface area (Å²) in [4.78, 5) is 11.3. The third-order valence-electron chi connectivity index (χ3n) is 1.59. The molecular formula is C9H20N2O3. The second kappa shape index (κ2) is 7.58. The third kappa shape index (κ3) is 6.68. The Labute approximate surface area is 85.1 Å². The minimum absolute atomic E-state index is 0.00902. The van der Waals surface area contributed by atoms with Crippen LogP contribution in [0.4, 0.5) is 4.79 Å². The van der Waals surface area contributed by atoms with Crippen molar-refractivity contribution in [1.82, 2.24) is 10.6 Å². The van der Waals surface area contributed by atoms with Crippen molar-refractivity contribution in [3.63, 3.8) is 0 Å². The molecule has 5 heteroatoms. The molecule has 0 radical (unpaired) electrons. The molecule has 0 saturated heterocycles. The normalized spacial score (nSPS) is 14.6. The van der Waals surface area contributed by atoms with Gasteiger partial charge in [-0.1, -0.05) is 0 Å². The average molecular weight is 204 g/mol. The van der Waals surface area contributed by atoms with Gasteiger partial charge < -0.3 is 20.1 Å². The van der Waals surface area contributed by atoms with Crippen LogP contribution in [0, 0.1) is 0 Å². The zero-order valence-corrected chi connectivity index (χ0v) is 9.29. The van der Waals surface area contributed by atoms with Crippen molar-refractivity contribution < 1.29 is 14.3 Å². The number of amides is 2. The van der Waals surface area contributed by atoms with Gasteiger partial charge in [-0.2, -0.15) is 0 Å². The predicted molar refractivity (Wildman–Crippen MR) is 54.3 cm³/mol. The Hall–Kier alpha value is -0.810. The van der Waals surface area contributed by atoms with Gasteiger partial charge in [0.2, 0.25) is 0 Å². The molecule has 0 fully saturated rings. The van der Waals surface area contributed by atoms with E-state index < -0.39 is 0 Å². The molecule has 0 aromatic carbocycles. The molecule has 2 atom stereocenters. The number of urea groups is 1. The molecule has 2 unspecified atom stereocenters. The van der Waals surface area contributed by atoms with E-state index in [0.29, 0.717) is 13.2 Å². The molecule has 0 saturated carbocycles. The Morgan fingerprint density at radius 3 is 1.71 bits per heavy atom. The Kier molecular flexibility index (Phi) is 7.14. The summed E-state index contributed by atoms with van der Waals surface area (Å²) in [5.41, 5.74) is 0. The second-order valence-corrected chi connectivity index (χ2v) is 3.33. The predicted octanol–water partition coefficient (Wildman–Crippen LogP) is 0.355. The van der Waals surface area contributed by atoms with Crippen molar-refractivity contribution in [1.29, 1.82) is 0 Å². The number of carbonyl (C=O) groups excluding carboxylic acids is 1. The van der Waals surface area contributed by atoms with Crippen LogP contribution < -0.4 is 10.6 Å². The van der Waals surface area contributed by atoms with E-state index in [9.17, 15) is 4.79 Å². The van der Waals surface area contributed by atoms with Crippen LogP contribution in [0.15, 0.2) is 0 Å². The molecule has 0 aliphatic rings. The molecule has 2 amide bonds. The lowest BCUT2D eigenvalue weighted by molar-refractivity contribution is 0.160. The van der Waals surface area contributed by atoms with E-state index in [0.717, 1.165) is 0 Å². The Morgan fingerprint density at radius 1 is 1.07 bits per heavy atom.